The van der Waals surface area contributed by atoms with E-state index in [4.69, 9.17) is 23.2 Å². The molecule has 3 fully saturated rings. The summed E-state index contributed by atoms with van der Waals surface area (Å²) in [6, 6.07) is 20.6. The van der Waals surface area contributed by atoms with Gasteiger partial charge in [-0.3, -0.25) is 29.5 Å². The van der Waals surface area contributed by atoms with Crippen LogP contribution in [0.25, 0.3) is 0 Å². The zero-order chi connectivity index (χ0) is 38.3. The first-order valence-corrected chi connectivity index (χ1v) is 18.1. The summed E-state index contributed by atoms with van der Waals surface area (Å²) < 4.78 is 40.4. The van der Waals surface area contributed by atoms with E-state index >= 15 is 4.79 Å². The zero-order valence-electron chi connectivity index (χ0n) is 28.5. The van der Waals surface area contributed by atoms with Crippen LogP contribution in [0, 0.1) is 23.7 Å². The van der Waals surface area contributed by atoms with Gasteiger partial charge in [0.05, 0.1) is 39.4 Å². The standard InChI is InChI=1S/C40H31Cl2F3N4O5/c1-2-20-7-13-24(14-8-20)48-35(51)27-16-15-25-28(32(27)37(48)53)18-29-36(52)49(47-34-30(42)17-22(19-46-34)40(43,44)45)38(54)39(29,21-9-11-23(41)12-10-21)33(25)26-5-3-4-6-31(26)50/h3-15,17,19,27-29,32-33,50H,2,16,18H2,1H3,(H,46,47). The molecule has 2 N–H and O–H groups in total. The van der Waals surface area contributed by atoms with E-state index in [0.717, 1.165) is 12.0 Å². The van der Waals surface area contributed by atoms with E-state index in [2.05, 4.69) is 10.4 Å². The van der Waals surface area contributed by atoms with Crippen molar-refractivity contribution in [2.45, 2.75) is 43.7 Å². The Bertz CT molecular complexity index is 2260. The molecule has 276 valence electrons. The smallest absolute Gasteiger partial charge is 0.417 e. The van der Waals surface area contributed by atoms with E-state index in [1.54, 1.807) is 54.6 Å². The van der Waals surface area contributed by atoms with Gasteiger partial charge in [-0.1, -0.05) is 84.2 Å². The first-order chi connectivity index (χ1) is 25.8. The molecule has 4 aromatic rings. The number of allylic oxidation sites excluding steroid dienone is 2. The molecule has 0 radical (unpaired) electrons. The number of rotatable bonds is 6. The number of anilines is 2. The number of halogens is 5. The SMILES string of the molecule is CCc1ccc(N2C(=O)C3CC=C4C(CC5C(=O)N(Nc6ncc(C(F)(F)F)cc6Cl)C(=O)C5(c5ccc(Cl)cc5)C4c4ccccc4O)C3C2=O)cc1. The van der Waals surface area contributed by atoms with Crippen LogP contribution >= 0.6 is 23.2 Å². The van der Waals surface area contributed by atoms with Gasteiger partial charge in [0.25, 0.3) is 11.8 Å². The van der Waals surface area contributed by atoms with Crippen LogP contribution in [0.1, 0.15) is 47.9 Å². The first kappa shape index (κ1) is 35.8. The minimum atomic E-state index is -4.75. The molecule has 8 rings (SSSR count). The number of para-hydroxylation sites is 1. The third-order valence-corrected chi connectivity index (χ3v) is 11.9. The minimum Gasteiger partial charge on any atom is -0.508 e. The molecule has 2 aliphatic heterocycles. The Morgan fingerprint density at radius 1 is 0.926 bits per heavy atom. The molecule has 2 aliphatic carbocycles. The van der Waals surface area contributed by atoms with Crippen molar-refractivity contribution in [3.8, 4) is 5.75 Å². The number of alkyl halides is 3. The molecule has 4 amide bonds. The van der Waals surface area contributed by atoms with E-state index in [9.17, 15) is 32.7 Å². The lowest BCUT2D eigenvalue weighted by atomic mass is 9.49. The molecular formula is C40H31Cl2F3N4O5. The fraction of sp³-hybridized carbons (Fsp3) is 0.275. The van der Waals surface area contributed by atoms with Crippen molar-refractivity contribution in [1.82, 2.24) is 9.99 Å². The van der Waals surface area contributed by atoms with Crippen LogP contribution in [0.5, 0.6) is 5.75 Å². The lowest BCUT2D eigenvalue weighted by Gasteiger charge is -2.50. The number of aromatic nitrogens is 1. The van der Waals surface area contributed by atoms with Crippen LogP contribution in [-0.2, 0) is 37.2 Å². The van der Waals surface area contributed by atoms with Crippen LogP contribution in [-0.4, -0.2) is 38.7 Å². The summed E-state index contributed by atoms with van der Waals surface area (Å²) in [6.07, 6.45) is -1.46. The molecule has 0 spiro atoms. The van der Waals surface area contributed by atoms with Crippen molar-refractivity contribution in [2.75, 3.05) is 10.3 Å². The number of nitrogens with zero attached hydrogens (tertiary/aromatic N) is 3. The molecule has 6 atom stereocenters. The topological polar surface area (TPSA) is 120 Å². The Kier molecular flexibility index (Phi) is 8.61. The van der Waals surface area contributed by atoms with E-state index in [0.29, 0.717) is 44.7 Å². The van der Waals surface area contributed by atoms with E-state index < -0.39 is 69.5 Å². The highest BCUT2D eigenvalue weighted by Crippen LogP contribution is 2.65. The predicted octanol–water partition coefficient (Wildman–Crippen LogP) is 7.86. The molecule has 2 saturated heterocycles. The fourth-order valence-electron chi connectivity index (χ4n) is 8.99. The number of hydrazine groups is 1. The third kappa shape index (κ3) is 5.32. The molecule has 3 aromatic carbocycles. The van der Waals surface area contributed by atoms with Gasteiger partial charge >= 0.3 is 6.18 Å². The Hall–Kier alpha value is -5.20. The highest BCUT2D eigenvalue weighted by atomic mass is 35.5. The minimum absolute atomic E-state index is 0.0434. The molecule has 14 heteroatoms. The number of nitrogens with one attached hydrogen (secondary N) is 1. The van der Waals surface area contributed by atoms with Gasteiger partial charge in [0.2, 0.25) is 11.8 Å². The monoisotopic (exact) mass is 774 g/mol. The van der Waals surface area contributed by atoms with Crippen LogP contribution in [0.4, 0.5) is 24.7 Å². The molecule has 3 heterocycles. The lowest BCUT2D eigenvalue weighted by Crippen LogP contribution is -2.53. The van der Waals surface area contributed by atoms with Crippen LogP contribution in [0.2, 0.25) is 10.0 Å². The van der Waals surface area contributed by atoms with Gasteiger partial charge in [-0.25, -0.2) is 4.98 Å². The van der Waals surface area contributed by atoms with E-state index in [1.807, 2.05) is 25.1 Å². The normalized spacial score (nSPS) is 26.4. The maximum absolute atomic E-state index is 15.2. The van der Waals surface area contributed by atoms with Gasteiger partial charge in [0.15, 0.2) is 5.82 Å². The van der Waals surface area contributed by atoms with Crippen molar-refractivity contribution >= 4 is 58.3 Å². The molecule has 1 saturated carbocycles. The molecule has 54 heavy (non-hydrogen) atoms. The first-order valence-electron chi connectivity index (χ1n) is 17.4. The second-order valence-electron chi connectivity index (χ2n) is 14.0. The third-order valence-electron chi connectivity index (χ3n) is 11.4. The number of phenolic OH excluding ortho intramolecular Hbond substituents is 1. The van der Waals surface area contributed by atoms with Gasteiger partial charge in [-0.2, -0.15) is 18.2 Å². The number of phenols is 1. The Balaban J connectivity index is 1.29. The summed E-state index contributed by atoms with van der Waals surface area (Å²) in [5.74, 6) is -7.40. The number of pyridine rings is 1. The van der Waals surface area contributed by atoms with Crippen LogP contribution in [0.3, 0.4) is 0 Å². The quantitative estimate of drug-likeness (QED) is 0.151. The average molecular weight is 776 g/mol. The Morgan fingerprint density at radius 3 is 2.28 bits per heavy atom. The number of aromatic hydroxyl groups is 1. The molecule has 4 aliphatic rings. The number of amides is 4. The number of hydrogen-bond donors (Lipinski definition) is 2. The zero-order valence-corrected chi connectivity index (χ0v) is 30.0. The van der Waals surface area contributed by atoms with E-state index in [1.165, 1.54) is 11.0 Å². The summed E-state index contributed by atoms with van der Waals surface area (Å²) in [7, 11) is 0. The molecule has 0 bridgehead atoms. The highest BCUT2D eigenvalue weighted by molar-refractivity contribution is 6.33. The second kappa shape index (κ2) is 13.0. The number of hydrogen-bond acceptors (Lipinski definition) is 7. The summed E-state index contributed by atoms with van der Waals surface area (Å²) in [5, 5.41) is 12.0. The van der Waals surface area contributed by atoms with Gasteiger partial charge < -0.3 is 5.11 Å². The number of imide groups is 2. The van der Waals surface area contributed by atoms with Gasteiger partial charge in [-0.15, -0.1) is 0 Å². The summed E-state index contributed by atoms with van der Waals surface area (Å²) in [5.41, 5.74) is 2.49. The molecule has 9 nitrogen and oxygen atoms in total. The van der Waals surface area contributed by atoms with Crippen molar-refractivity contribution in [3.63, 3.8) is 0 Å². The maximum Gasteiger partial charge on any atom is 0.417 e. The van der Waals surface area contributed by atoms with Crippen LogP contribution in [0.15, 0.2) is 96.7 Å². The molecule has 6 unspecified atom stereocenters. The summed E-state index contributed by atoms with van der Waals surface area (Å²) in [4.78, 5) is 63.5. The number of benzene rings is 3. The van der Waals surface area contributed by atoms with Crippen molar-refractivity contribution in [1.29, 1.82) is 0 Å². The number of fused-ring (bicyclic) bond motifs is 4. The Morgan fingerprint density at radius 2 is 1.63 bits per heavy atom. The number of carbonyl (C=O) groups is 4. The average Bonchev–Trinajstić information content (AvgIpc) is 3.53. The van der Waals surface area contributed by atoms with Crippen molar-refractivity contribution < 1.29 is 37.5 Å². The Labute approximate surface area is 317 Å². The highest BCUT2D eigenvalue weighted by Gasteiger charge is 2.70. The molecular weight excluding hydrogens is 744 g/mol. The largest absolute Gasteiger partial charge is 0.508 e. The predicted molar refractivity (Wildman–Crippen MR) is 193 cm³/mol. The van der Waals surface area contributed by atoms with Gasteiger partial charge in [0, 0.05) is 22.7 Å². The van der Waals surface area contributed by atoms with E-state index in [-0.39, 0.29) is 30.3 Å². The van der Waals surface area contributed by atoms with Gasteiger partial charge in [0.1, 0.15) is 5.75 Å². The number of aryl methyl sites for hydroxylation is 1. The molecule has 1 aromatic heterocycles. The summed E-state index contributed by atoms with van der Waals surface area (Å²) >= 11 is 12.6. The van der Waals surface area contributed by atoms with Crippen molar-refractivity contribution in [3.05, 3.63) is 129 Å². The van der Waals surface area contributed by atoms with Crippen molar-refractivity contribution in [2.24, 2.45) is 23.7 Å². The number of carbonyl (C=O) groups excluding carboxylic acids is 4. The van der Waals surface area contributed by atoms with Crippen LogP contribution < -0.4 is 10.3 Å². The maximum atomic E-state index is 15.2. The van der Waals surface area contributed by atoms with Gasteiger partial charge in [-0.05, 0) is 72.7 Å². The fourth-order valence-corrected chi connectivity index (χ4v) is 9.33. The lowest BCUT2D eigenvalue weighted by molar-refractivity contribution is -0.139. The summed E-state index contributed by atoms with van der Waals surface area (Å²) in [6.45, 7) is 2.00. The second-order valence-corrected chi connectivity index (χ2v) is 14.9.